The molecular formula is C25H29ClFN9. The molecule has 2 saturated heterocycles. The van der Waals surface area contributed by atoms with E-state index in [1.165, 1.54) is 0 Å². The average Bonchev–Trinajstić information content (AvgIpc) is 3.28. The van der Waals surface area contributed by atoms with Gasteiger partial charge in [-0.2, -0.15) is 20.4 Å². The zero-order chi connectivity index (χ0) is 25.1. The van der Waals surface area contributed by atoms with Crippen molar-refractivity contribution in [3.8, 4) is 11.1 Å². The lowest BCUT2D eigenvalue weighted by molar-refractivity contribution is 0.245. The molecule has 4 heterocycles. The number of nitrogens with zero attached hydrogens (tertiary/aromatic N) is 7. The zero-order valence-electron chi connectivity index (χ0n) is 20.8. The van der Waals surface area contributed by atoms with Crippen LogP contribution in [0.4, 0.5) is 16.2 Å². The summed E-state index contributed by atoms with van der Waals surface area (Å²) in [5, 5.41) is 15.5. The van der Waals surface area contributed by atoms with E-state index in [1.807, 2.05) is 19.1 Å². The summed E-state index contributed by atoms with van der Waals surface area (Å²) in [5.41, 5.74) is 3.28. The van der Waals surface area contributed by atoms with Crippen molar-refractivity contribution in [2.24, 2.45) is 0 Å². The number of likely N-dealkylation sites (N-methyl/N-ethyl adjacent to an activating group) is 1. The average molecular weight is 510 g/mol. The Balaban J connectivity index is 1.57. The van der Waals surface area contributed by atoms with Crippen molar-refractivity contribution < 1.29 is 4.39 Å². The van der Waals surface area contributed by atoms with Crippen molar-refractivity contribution in [2.75, 3.05) is 56.6 Å². The molecule has 6 rings (SSSR count). The second kappa shape index (κ2) is 8.79. The van der Waals surface area contributed by atoms with Crippen LogP contribution in [0.25, 0.3) is 33.1 Å². The number of hydrogen-bond donors (Lipinski definition) is 2. The minimum absolute atomic E-state index is 0.272. The van der Waals surface area contributed by atoms with Crippen LogP contribution in [0.15, 0.2) is 18.2 Å². The fourth-order valence-electron chi connectivity index (χ4n) is 5.18. The highest BCUT2D eigenvalue weighted by Gasteiger charge is 2.33. The first-order chi connectivity index (χ1) is 17.3. The van der Waals surface area contributed by atoms with E-state index in [-0.39, 0.29) is 5.52 Å². The summed E-state index contributed by atoms with van der Waals surface area (Å²) >= 11 is 6.82. The number of aromatic amines is 1. The van der Waals surface area contributed by atoms with E-state index in [0.29, 0.717) is 50.6 Å². The van der Waals surface area contributed by atoms with Gasteiger partial charge in [-0.05, 0) is 45.6 Å². The van der Waals surface area contributed by atoms with Crippen molar-refractivity contribution in [2.45, 2.75) is 25.9 Å². The van der Waals surface area contributed by atoms with Gasteiger partial charge in [0, 0.05) is 61.3 Å². The van der Waals surface area contributed by atoms with Crippen LogP contribution in [0.5, 0.6) is 0 Å². The molecule has 1 unspecified atom stereocenters. The van der Waals surface area contributed by atoms with E-state index in [1.54, 1.807) is 6.07 Å². The second-order valence-electron chi connectivity index (χ2n) is 10.1. The van der Waals surface area contributed by atoms with Crippen LogP contribution in [0.1, 0.15) is 12.5 Å². The van der Waals surface area contributed by atoms with E-state index >= 15 is 4.39 Å². The molecule has 2 N–H and O–H groups in total. The quantitative estimate of drug-likeness (QED) is 0.433. The summed E-state index contributed by atoms with van der Waals surface area (Å²) in [7, 11) is 4.13. The molecule has 0 spiro atoms. The van der Waals surface area contributed by atoms with Gasteiger partial charge in [0.25, 0.3) is 0 Å². The molecule has 0 saturated carbocycles. The number of aromatic nitrogens is 5. The molecule has 2 aliphatic heterocycles. The Labute approximate surface area is 213 Å². The Morgan fingerprint density at radius 1 is 1.06 bits per heavy atom. The lowest BCUT2D eigenvalue weighted by atomic mass is 9.96. The van der Waals surface area contributed by atoms with Crippen LogP contribution in [0.2, 0.25) is 5.02 Å². The number of anilines is 2. The summed E-state index contributed by atoms with van der Waals surface area (Å²) in [4.78, 5) is 16.2. The molecule has 0 bridgehead atoms. The maximum atomic E-state index is 16.5. The summed E-state index contributed by atoms with van der Waals surface area (Å²) in [6, 6.07) is 6.28. The summed E-state index contributed by atoms with van der Waals surface area (Å²) < 4.78 is 16.5. The zero-order valence-corrected chi connectivity index (χ0v) is 21.6. The first-order valence-electron chi connectivity index (χ1n) is 12.2. The maximum Gasteiger partial charge on any atom is 0.228 e. The van der Waals surface area contributed by atoms with Crippen molar-refractivity contribution in [3.63, 3.8) is 0 Å². The van der Waals surface area contributed by atoms with Gasteiger partial charge in [0.15, 0.2) is 5.82 Å². The standard InChI is InChI=1S/C25H29ClFN9/c1-13-5-6-18-23(32-33-31-18)19(13)20-17(26)9-16-22(21(20)27)29-25(36-11-15(12-36)34(3)4)30-24(16)35-8-7-28-14(2)10-35/h5-6,9,14-15,28H,7-8,10-12H2,1-4H3,(H,31,32,33). The van der Waals surface area contributed by atoms with Gasteiger partial charge in [0.1, 0.15) is 22.4 Å². The molecule has 2 aliphatic rings. The third-order valence-electron chi connectivity index (χ3n) is 7.34. The summed E-state index contributed by atoms with van der Waals surface area (Å²) in [5.74, 6) is 0.805. The maximum absolute atomic E-state index is 16.5. The molecular weight excluding hydrogens is 481 g/mol. The number of H-pyrrole nitrogens is 1. The van der Waals surface area contributed by atoms with Crippen molar-refractivity contribution in [1.29, 1.82) is 0 Å². The van der Waals surface area contributed by atoms with Crippen LogP contribution < -0.4 is 15.1 Å². The molecule has 2 aromatic carbocycles. The van der Waals surface area contributed by atoms with Gasteiger partial charge in [-0.3, -0.25) is 0 Å². The smallest absolute Gasteiger partial charge is 0.228 e. The van der Waals surface area contributed by atoms with Crippen LogP contribution in [0.3, 0.4) is 0 Å². The number of aryl methyl sites for hydroxylation is 1. The molecule has 9 nitrogen and oxygen atoms in total. The Hall–Kier alpha value is -3.08. The van der Waals surface area contributed by atoms with Gasteiger partial charge < -0.3 is 20.0 Å². The fourth-order valence-corrected chi connectivity index (χ4v) is 5.47. The number of piperazine rings is 1. The van der Waals surface area contributed by atoms with E-state index in [0.717, 1.165) is 44.1 Å². The highest BCUT2D eigenvalue weighted by atomic mass is 35.5. The normalized spacial score (nSPS) is 19.0. The van der Waals surface area contributed by atoms with Gasteiger partial charge >= 0.3 is 0 Å². The first kappa shape index (κ1) is 23.3. The molecule has 11 heteroatoms. The number of fused-ring (bicyclic) bond motifs is 2. The third-order valence-corrected chi connectivity index (χ3v) is 7.64. The fraction of sp³-hybridized carbons (Fsp3) is 0.440. The molecule has 0 radical (unpaired) electrons. The van der Waals surface area contributed by atoms with E-state index in [2.05, 4.69) is 56.4 Å². The minimum Gasteiger partial charge on any atom is -0.353 e. The molecule has 36 heavy (non-hydrogen) atoms. The Morgan fingerprint density at radius 3 is 2.61 bits per heavy atom. The van der Waals surface area contributed by atoms with Crippen molar-refractivity contribution in [3.05, 3.63) is 34.6 Å². The molecule has 4 aromatic rings. The number of rotatable bonds is 4. The largest absolute Gasteiger partial charge is 0.353 e. The van der Waals surface area contributed by atoms with E-state index in [4.69, 9.17) is 21.6 Å². The topological polar surface area (TPSA) is 89.1 Å². The van der Waals surface area contributed by atoms with Gasteiger partial charge in [-0.1, -0.05) is 17.7 Å². The van der Waals surface area contributed by atoms with E-state index in [9.17, 15) is 0 Å². The predicted molar refractivity (Wildman–Crippen MR) is 141 cm³/mol. The van der Waals surface area contributed by atoms with E-state index < -0.39 is 5.82 Å². The van der Waals surface area contributed by atoms with Gasteiger partial charge in [0.2, 0.25) is 5.95 Å². The van der Waals surface area contributed by atoms with Gasteiger partial charge in [-0.25, -0.2) is 9.37 Å². The molecule has 0 amide bonds. The number of halogens is 2. The molecule has 1 atom stereocenters. The summed E-state index contributed by atoms with van der Waals surface area (Å²) in [6.45, 7) is 8.03. The lowest BCUT2D eigenvalue weighted by Gasteiger charge is -2.43. The van der Waals surface area contributed by atoms with Crippen molar-refractivity contribution in [1.82, 2.24) is 35.6 Å². The monoisotopic (exact) mass is 509 g/mol. The van der Waals surface area contributed by atoms with Crippen LogP contribution in [0, 0.1) is 12.7 Å². The second-order valence-corrected chi connectivity index (χ2v) is 10.5. The first-order valence-corrected chi connectivity index (χ1v) is 12.6. The van der Waals surface area contributed by atoms with Crippen molar-refractivity contribution >= 4 is 45.3 Å². The Kier molecular flexibility index (Phi) is 5.70. The van der Waals surface area contributed by atoms with Crippen LogP contribution in [-0.4, -0.2) is 89.2 Å². The molecule has 2 fully saturated rings. The Bertz CT molecular complexity index is 1460. The van der Waals surface area contributed by atoms with Gasteiger partial charge in [-0.15, -0.1) is 0 Å². The number of nitrogens with one attached hydrogen (secondary N) is 2. The molecule has 0 aliphatic carbocycles. The number of benzene rings is 2. The third kappa shape index (κ3) is 3.75. The highest BCUT2D eigenvalue weighted by Crippen LogP contribution is 2.42. The molecule has 188 valence electrons. The predicted octanol–water partition coefficient (Wildman–Crippen LogP) is 3.22. The summed E-state index contributed by atoms with van der Waals surface area (Å²) in [6.07, 6.45) is 0. The highest BCUT2D eigenvalue weighted by molar-refractivity contribution is 6.35. The van der Waals surface area contributed by atoms with Crippen LogP contribution >= 0.6 is 11.6 Å². The Morgan fingerprint density at radius 2 is 1.86 bits per heavy atom. The molecule has 2 aromatic heterocycles. The van der Waals surface area contributed by atoms with Gasteiger partial charge in [0.05, 0.1) is 5.02 Å². The minimum atomic E-state index is -0.464. The lowest BCUT2D eigenvalue weighted by Crippen LogP contribution is -2.58. The SMILES string of the molecule is Cc1ccc2n[nH]nc2c1-c1c(Cl)cc2c(N3CCNC(C)C3)nc(N3CC(N(C)C)C3)nc2c1F. The number of hydrogen-bond acceptors (Lipinski definition) is 8. The van der Waals surface area contributed by atoms with Crippen LogP contribution in [-0.2, 0) is 0 Å².